The number of hydrogen-bond donors (Lipinski definition) is 1. The van der Waals surface area contributed by atoms with Crippen LogP contribution in [-0.2, 0) is 0 Å². The van der Waals surface area contributed by atoms with Crippen LogP contribution < -0.4 is 15.2 Å². The zero-order valence-electron chi connectivity index (χ0n) is 18.7. The van der Waals surface area contributed by atoms with Gasteiger partial charge in [0.25, 0.3) is 0 Å². The number of H-pyrrole nitrogens is 1. The maximum absolute atomic E-state index is 12.8. The zero-order valence-corrected chi connectivity index (χ0v) is 18.7. The number of hydrogen-bond acceptors (Lipinski definition) is 4. The van der Waals surface area contributed by atoms with E-state index < -0.39 is 0 Å². The fourth-order valence-electron chi connectivity index (χ4n) is 3.60. The van der Waals surface area contributed by atoms with Crippen LogP contribution in [0.5, 0.6) is 11.5 Å². The quantitative estimate of drug-likeness (QED) is 0.617. The summed E-state index contributed by atoms with van der Waals surface area (Å²) in [7, 11) is 3.24. The third-order valence-corrected chi connectivity index (χ3v) is 5.42. The first-order chi connectivity index (χ1) is 14.3. The first-order valence-corrected chi connectivity index (χ1v) is 10.00. The number of nitrogens with zero attached hydrogens (tertiary/aromatic N) is 2. The van der Waals surface area contributed by atoms with Crippen LogP contribution in [0.4, 0.5) is 0 Å². The van der Waals surface area contributed by atoms with Gasteiger partial charge in [-0.15, -0.1) is 0 Å². The number of aryl methyl sites for hydroxylation is 1. The van der Waals surface area contributed by atoms with Crippen molar-refractivity contribution in [1.82, 2.24) is 14.8 Å². The van der Waals surface area contributed by atoms with Gasteiger partial charge in [-0.05, 0) is 67.2 Å². The average Bonchev–Trinajstić information content (AvgIpc) is 3.13. The Kier molecular flexibility index (Phi) is 6.15. The van der Waals surface area contributed by atoms with Crippen LogP contribution >= 0.6 is 0 Å². The van der Waals surface area contributed by atoms with Crippen molar-refractivity contribution in [3.05, 3.63) is 63.6 Å². The minimum Gasteiger partial charge on any atom is -0.496 e. The van der Waals surface area contributed by atoms with E-state index in [4.69, 9.17) is 9.47 Å². The van der Waals surface area contributed by atoms with E-state index >= 15 is 0 Å². The van der Waals surface area contributed by atoms with E-state index in [0.717, 1.165) is 39.3 Å². The van der Waals surface area contributed by atoms with Gasteiger partial charge < -0.3 is 9.47 Å². The number of allylic oxidation sites excluding steroid dienone is 2. The number of aromatic nitrogens is 3. The van der Waals surface area contributed by atoms with Crippen molar-refractivity contribution in [2.24, 2.45) is 0 Å². The topological polar surface area (TPSA) is 69.1 Å². The van der Waals surface area contributed by atoms with Crippen molar-refractivity contribution in [2.75, 3.05) is 14.2 Å². The van der Waals surface area contributed by atoms with Crippen LogP contribution in [-0.4, -0.2) is 29.0 Å². The highest BCUT2D eigenvalue weighted by Crippen LogP contribution is 2.38. The van der Waals surface area contributed by atoms with Crippen molar-refractivity contribution in [3.8, 4) is 28.6 Å². The molecule has 0 unspecified atom stereocenters. The predicted molar refractivity (Wildman–Crippen MR) is 121 cm³/mol. The van der Waals surface area contributed by atoms with Crippen LogP contribution in [0.1, 0.15) is 50.3 Å². The third kappa shape index (κ3) is 3.77. The summed E-state index contributed by atoms with van der Waals surface area (Å²) in [5.41, 5.74) is 5.58. The first-order valence-electron chi connectivity index (χ1n) is 10.00. The van der Waals surface area contributed by atoms with E-state index in [2.05, 4.69) is 44.0 Å². The fraction of sp³-hybridized carbons (Fsp3) is 0.333. The van der Waals surface area contributed by atoms with E-state index in [0.29, 0.717) is 11.6 Å². The van der Waals surface area contributed by atoms with Crippen molar-refractivity contribution in [2.45, 2.75) is 40.5 Å². The molecule has 158 valence electrons. The van der Waals surface area contributed by atoms with Gasteiger partial charge in [0, 0.05) is 6.07 Å². The Hall–Kier alpha value is -3.28. The lowest BCUT2D eigenvalue weighted by Gasteiger charge is -2.17. The molecule has 0 aliphatic rings. The second-order valence-electron chi connectivity index (χ2n) is 7.61. The molecule has 2 aromatic carbocycles. The summed E-state index contributed by atoms with van der Waals surface area (Å²) in [6, 6.07) is 9.80. The largest absolute Gasteiger partial charge is 0.496 e. The van der Waals surface area contributed by atoms with Crippen molar-refractivity contribution >= 4 is 5.57 Å². The van der Waals surface area contributed by atoms with Gasteiger partial charge in [-0.2, -0.15) is 5.10 Å². The summed E-state index contributed by atoms with van der Waals surface area (Å²) in [5, 5.41) is 6.93. The molecule has 1 N–H and O–H groups in total. The Balaban J connectivity index is 2.28. The number of methoxy groups -OCH3 is 2. The Morgan fingerprint density at radius 2 is 1.83 bits per heavy atom. The monoisotopic (exact) mass is 407 g/mol. The highest BCUT2D eigenvalue weighted by molar-refractivity contribution is 5.72. The second kappa shape index (κ2) is 8.61. The molecule has 0 radical (unpaired) electrons. The van der Waals surface area contributed by atoms with E-state index in [1.165, 1.54) is 0 Å². The third-order valence-electron chi connectivity index (χ3n) is 5.42. The summed E-state index contributed by atoms with van der Waals surface area (Å²) < 4.78 is 12.7. The molecule has 0 saturated carbocycles. The molecule has 3 rings (SSSR count). The highest BCUT2D eigenvalue weighted by Gasteiger charge is 2.21. The molecular weight excluding hydrogens is 378 g/mol. The Morgan fingerprint density at radius 1 is 1.13 bits per heavy atom. The maximum Gasteiger partial charge on any atom is 0.348 e. The van der Waals surface area contributed by atoms with Crippen molar-refractivity contribution in [3.63, 3.8) is 0 Å². The summed E-state index contributed by atoms with van der Waals surface area (Å²) in [5.74, 6) is 2.06. The Bertz CT molecular complexity index is 1150. The lowest BCUT2D eigenvalue weighted by molar-refractivity contribution is 0.390. The van der Waals surface area contributed by atoms with Crippen LogP contribution in [0.15, 0.2) is 41.2 Å². The molecule has 1 heterocycles. The minimum absolute atomic E-state index is 0.229. The van der Waals surface area contributed by atoms with E-state index in [1.54, 1.807) is 18.8 Å². The van der Waals surface area contributed by atoms with Gasteiger partial charge >= 0.3 is 5.69 Å². The number of ether oxygens (including phenoxy) is 2. The average molecular weight is 408 g/mol. The molecule has 0 atom stereocenters. The van der Waals surface area contributed by atoms with E-state index in [1.807, 2.05) is 37.3 Å². The molecule has 6 heteroatoms. The molecule has 0 amide bonds. The SMILES string of the molecule is C/C=C(/C)c1cc(-n2c(-c3cc(C(C)C)c(OC)cc3OC)n[nH]c2=O)ccc1C. The standard InChI is InChI=1S/C24H29N3O3/c1-8-15(4)19-11-17(10-9-16(19)5)27-23(25-26-24(27)28)20-12-18(14(2)3)21(29-6)13-22(20)30-7/h8-14H,1-7H3,(H,26,28)/b15-8-. The summed E-state index contributed by atoms with van der Waals surface area (Å²) in [6.07, 6.45) is 2.06. The molecule has 6 nitrogen and oxygen atoms in total. The van der Waals surface area contributed by atoms with Gasteiger partial charge in [0.05, 0.1) is 25.5 Å². The smallest absolute Gasteiger partial charge is 0.348 e. The molecule has 0 saturated heterocycles. The maximum atomic E-state index is 12.8. The second-order valence-corrected chi connectivity index (χ2v) is 7.61. The number of benzene rings is 2. The molecule has 0 spiro atoms. The first kappa shape index (κ1) is 21.4. The van der Waals surface area contributed by atoms with Gasteiger partial charge in [-0.3, -0.25) is 0 Å². The Morgan fingerprint density at radius 3 is 2.43 bits per heavy atom. The van der Waals surface area contributed by atoms with Gasteiger partial charge in [0.1, 0.15) is 11.5 Å². The van der Waals surface area contributed by atoms with E-state index in [9.17, 15) is 4.79 Å². The number of aromatic amines is 1. The molecular formula is C24H29N3O3. The molecule has 1 aromatic heterocycles. The molecule has 0 fully saturated rings. The number of nitrogens with one attached hydrogen (secondary N) is 1. The van der Waals surface area contributed by atoms with Gasteiger partial charge in [0.15, 0.2) is 5.82 Å². The molecule has 3 aromatic rings. The van der Waals surface area contributed by atoms with E-state index in [-0.39, 0.29) is 11.6 Å². The van der Waals surface area contributed by atoms with Crippen molar-refractivity contribution in [1.29, 1.82) is 0 Å². The molecule has 30 heavy (non-hydrogen) atoms. The Labute approximate surface area is 177 Å². The highest BCUT2D eigenvalue weighted by atomic mass is 16.5. The zero-order chi connectivity index (χ0) is 22.0. The van der Waals surface area contributed by atoms with Gasteiger partial charge in [-0.1, -0.05) is 26.0 Å². The van der Waals surface area contributed by atoms with Gasteiger partial charge in [-0.25, -0.2) is 14.5 Å². The molecule has 0 aliphatic carbocycles. The fourth-order valence-corrected chi connectivity index (χ4v) is 3.60. The summed E-state index contributed by atoms with van der Waals surface area (Å²) in [4.78, 5) is 12.8. The van der Waals surface area contributed by atoms with Crippen LogP contribution in [0.3, 0.4) is 0 Å². The lowest BCUT2D eigenvalue weighted by atomic mass is 9.98. The van der Waals surface area contributed by atoms with Crippen LogP contribution in [0.2, 0.25) is 0 Å². The predicted octanol–water partition coefficient (Wildman–Crippen LogP) is 5.10. The lowest BCUT2D eigenvalue weighted by Crippen LogP contribution is -2.16. The van der Waals surface area contributed by atoms with Gasteiger partial charge in [0.2, 0.25) is 0 Å². The minimum atomic E-state index is -0.304. The summed E-state index contributed by atoms with van der Waals surface area (Å²) >= 11 is 0. The molecule has 0 bridgehead atoms. The van der Waals surface area contributed by atoms with Crippen molar-refractivity contribution < 1.29 is 9.47 Å². The van der Waals surface area contributed by atoms with Crippen LogP contribution in [0.25, 0.3) is 22.6 Å². The summed E-state index contributed by atoms with van der Waals surface area (Å²) in [6.45, 7) is 10.3. The molecule has 0 aliphatic heterocycles. The van der Waals surface area contributed by atoms with Crippen LogP contribution in [0, 0.1) is 6.92 Å². The normalized spacial score (nSPS) is 11.8. The number of rotatable bonds is 6.